The van der Waals surface area contributed by atoms with Gasteiger partial charge in [-0.05, 0) is 43.6 Å². The second-order valence-corrected chi connectivity index (χ2v) is 5.32. The minimum Gasteiger partial charge on any atom is -0.0625 e. The predicted molar refractivity (Wildman–Crippen MR) is 66.0 cm³/mol. The second-order valence-electron chi connectivity index (χ2n) is 5.32. The third-order valence-corrected chi connectivity index (χ3v) is 3.74. The molecule has 0 aromatic heterocycles. The summed E-state index contributed by atoms with van der Waals surface area (Å²) in [5, 5.41) is 0. The average Bonchev–Trinajstić information content (AvgIpc) is 2.22. The molecule has 1 aromatic carbocycles. The highest BCUT2D eigenvalue weighted by Crippen LogP contribution is 2.30. The van der Waals surface area contributed by atoms with Gasteiger partial charge in [0.2, 0.25) is 0 Å². The SMILES string of the molecule is Cc1cccc(CC2CCC(C)CC2)c1. The highest BCUT2D eigenvalue weighted by Gasteiger charge is 2.18. The first kappa shape index (κ1) is 10.7. The zero-order valence-electron chi connectivity index (χ0n) is 10.00. The standard InChI is InChI=1S/C15H22/c1-12-6-8-14(9-7-12)11-15-5-3-4-13(2)10-15/h3-5,10,12,14H,6-9,11H2,1-2H3. The first-order valence-corrected chi connectivity index (χ1v) is 6.29. The lowest BCUT2D eigenvalue weighted by Crippen LogP contribution is -2.14. The fourth-order valence-corrected chi connectivity index (χ4v) is 2.71. The molecule has 0 atom stereocenters. The lowest BCUT2D eigenvalue weighted by atomic mass is 9.80. The summed E-state index contributed by atoms with van der Waals surface area (Å²) in [6.45, 7) is 4.58. The van der Waals surface area contributed by atoms with Gasteiger partial charge >= 0.3 is 0 Å². The van der Waals surface area contributed by atoms with Gasteiger partial charge in [-0.15, -0.1) is 0 Å². The van der Waals surface area contributed by atoms with E-state index in [9.17, 15) is 0 Å². The van der Waals surface area contributed by atoms with Crippen LogP contribution in [0.25, 0.3) is 0 Å². The molecule has 1 saturated carbocycles. The summed E-state index contributed by atoms with van der Waals surface area (Å²) in [6, 6.07) is 9.01. The maximum absolute atomic E-state index is 2.39. The van der Waals surface area contributed by atoms with Crippen molar-refractivity contribution in [3.05, 3.63) is 35.4 Å². The number of rotatable bonds is 2. The van der Waals surface area contributed by atoms with Crippen LogP contribution in [-0.4, -0.2) is 0 Å². The molecule has 0 amide bonds. The first-order valence-electron chi connectivity index (χ1n) is 6.29. The number of benzene rings is 1. The molecule has 0 aliphatic heterocycles. The largest absolute Gasteiger partial charge is 0.0625 e. The molecule has 0 heterocycles. The number of hydrogen-bond donors (Lipinski definition) is 0. The van der Waals surface area contributed by atoms with E-state index in [1.807, 2.05) is 0 Å². The Labute approximate surface area is 93.7 Å². The van der Waals surface area contributed by atoms with E-state index in [1.54, 1.807) is 0 Å². The second kappa shape index (κ2) is 4.83. The van der Waals surface area contributed by atoms with E-state index in [1.165, 1.54) is 43.2 Å². The van der Waals surface area contributed by atoms with Crippen molar-refractivity contribution in [1.29, 1.82) is 0 Å². The Bertz CT molecular complexity index is 306. The molecule has 0 radical (unpaired) electrons. The fraction of sp³-hybridized carbons (Fsp3) is 0.600. The van der Waals surface area contributed by atoms with E-state index >= 15 is 0 Å². The normalized spacial score (nSPS) is 26.5. The van der Waals surface area contributed by atoms with Gasteiger partial charge in [0.25, 0.3) is 0 Å². The minimum atomic E-state index is 0.947. The zero-order valence-corrected chi connectivity index (χ0v) is 10.00. The third kappa shape index (κ3) is 3.09. The molecule has 1 aliphatic carbocycles. The molecule has 0 saturated heterocycles. The maximum Gasteiger partial charge on any atom is -0.0250 e. The summed E-state index contributed by atoms with van der Waals surface area (Å²) in [5.41, 5.74) is 2.94. The molecule has 0 unspecified atom stereocenters. The van der Waals surface area contributed by atoms with Crippen LogP contribution in [0.2, 0.25) is 0 Å². The minimum absolute atomic E-state index is 0.947. The summed E-state index contributed by atoms with van der Waals surface area (Å²) in [7, 11) is 0. The van der Waals surface area contributed by atoms with Gasteiger partial charge in [-0.2, -0.15) is 0 Å². The molecule has 0 bridgehead atoms. The maximum atomic E-state index is 2.39. The van der Waals surface area contributed by atoms with E-state index in [4.69, 9.17) is 0 Å². The Morgan fingerprint density at radius 1 is 1.13 bits per heavy atom. The monoisotopic (exact) mass is 202 g/mol. The lowest BCUT2D eigenvalue weighted by Gasteiger charge is -2.26. The van der Waals surface area contributed by atoms with Crippen molar-refractivity contribution in [3.8, 4) is 0 Å². The van der Waals surface area contributed by atoms with Gasteiger partial charge in [0.1, 0.15) is 0 Å². The molecule has 0 heteroatoms. The summed E-state index contributed by atoms with van der Waals surface area (Å²) in [5.74, 6) is 1.92. The summed E-state index contributed by atoms with van der Waals surface area (Å²) in [4.78, 5) is 0. The molecule has 0 nitrogen and oxygen atoms in total. The zero-order chi connectivity index (χ0) is 10.7. The van der Waals surface area contributed by atoms with E-state index in [0.717, 1.165) is 11.8 Å². The summed E-state index contributed by atoms with van der Waals surface area (Å²) in [6.07, 6.45) is 7.06. The van der Waals surface area contributed by atoms with E-state index in [0.29, 0.717) is 0 Å². The highest BCUT2D eigenvalue weighted by molar-refractivity contribution is 5.22. The molecule has 0 N–H and O–H groups in total. The van der Waals surface area contributed by atoms with Gasteiger partial charge in [-0.1, -0.05) is 49.6 Å². The first-order chi connectivity index (χ1) is 7.24. The Balaban J connectivity index is 1.92. The molecular formula is C15H22. The molecule has 2 rings (SSSR count). The molecule has 1 fully saturated rings. The summed E-state index contributed by atoms with van der Waals surface area (Å²) >= 11 is 0. The van der Waals surface area contributed by atoms with E-state index < -0.39 is 0 Å². The molecule has 0 spiro atoms. The molecule has 82 valence electrons. The van der Waals surface area contributed by atoms with Crippen molar-refractivity contribution in [1.82, 2.24) is 0 Å². The third-order valence-electron chi connectivity index (χ3n) is 3.74. The van der Waals surface area contributed by atoms with Crippen molar-refractivity contribution < 1.29 is 0 Å². The Hall–Kier alpha value is -0.780. The van der Waals surface area contributed by atoms with Crippen molar-refractivity contribution >= 4 is 0 Å². The van der Waals surface area contributed by atoms with Crippen molar-refractivity contribution in [2.45, 2.75) is 46.0 Å². The van der Waals surface area contributed by atoms with Crippen molar-refractivity contribution in [2.75, 3.05) is 0 Å². The Morgan fingerprint density at radius 2 is 1.87 bits per heavy atom. The van der Waals surface area contributed by atoms with Crippen LogP contribution in [0.3, 0.4) is 0 Å². The van der Waals surface area contributed by atoms with E-state index in [-0.39, 0.29) is 0 Å². The van der Waals surface area contributed by atoms with Crippen molar-refractivity contribution in [2.24, 2.45) is 11.8 Å². The quantitative estimate of drug-likeness (QED) is 0.668. The lowest BCUT2D eigenvalue weighted by molar-refractivity contribution is 0.289. The summed E-state index contributed by atoms with van der Waals surface area (Å²) < 4.78 is 0. The Morgan fingerprint density at radius 3 is 2.53 bits per heavy atom. The van der Waals surface area contributed by atoms with Crippen LogP contribution >= 0.6 is 0 Å². The van der Waals surface area contributed by atoms with Gasteiger partial charge in [-0.3, -0.25) is 0 Å². The highest BCUT2D eigenvalue weighted by atomic mass is 14.2. The van der Waals surface area contributed by atoms with Crippen LogP contribution in [0.4, 0.5) is 0 Å². The molecule has 1 aromatic rings. The smallest absolute Gasteiger partial charge is 0.0250 e. The Kier molecular flexibility index (Phi) is 3.45. The number of aryl methyl sites for hydroxylation is 1. The van der Waals surface area contributed by atoms with Crippen LogP contribution in [0, 0.1) is 18.8 Å². The van der Waals surface area contributed by atoms with E-state index in [2.05, 4.69) is 38.1 Å². The van der Waals surface area contributed by atoms with Crippen LogP contribution in [-0.2, 0) is 6.42 Å². The van der Waals surface area contributed by atoms with Gasteiger partial charge in [0.05, 0.1) is 0 Å². The topological polar surface area (TPSA) is 0 Å². The van der Waals surface area contributed by atoms with Gasteiger partial charge in [0.15, 0.2) is 0 Å². The van der Waals surface area contributed by atoms with Crippen LogP contribution in [0.15, 0.2) is 24.3 Å². The average molecular weight is 202 g/mol. The predicted octanol–water partition coefficient (Wildman–Crippen LogP) is 4.36. The van der Waals surface area contributed by atoms with Gasteiger partial charge in [-0.25, -0.2) is 0 Å². The van der Waals surface area contributed by atoms with Crippen molar-refractivity contribution in [3.63, 3.8) is 0 Å². The molecule has 15 heavy (non-hydrogen) atoms. The van der Waals surface area contributed by atoms with Gasteiger partial charge < -0.3 is 0 Å². The van der Waals surface area contributed by atoms with Crippen LogP contribution < -0.4 is 0 Å². The van der Waals surface area contributed by atoms with Gasteiger partial charge in [0, 0.05) is 0 Å². The molecule has 1 aliphatic rings. The van der Waals surface area contributed by atoms with Crippen LogP contribution in [0.1, 0.15) is 43.7 Å². The van der Waals surface area contributed by atoms with Crippen LogP contribution in [0.5, 0.6) is 0 Å². The number of hydrogen-bond acceptors (Lipinski definition) is 0. The fourth-order valence-electron chi connectivity index (χ4n) is 2.71. The molecular weight excluding hydrogens is 180 g/mol.